The van der Waals surface area contributed by atoms with Crippen LogP contribution >= 0.6 is 0 Å². The Hall–Kier alpha value is -2.47. The Labute approximate surface area is 129 Å². The molecule has 118 valence electrons. The molecule has 1 heterocycles. The number of benzene rings is 1. The average molecular weight is 304 g/mol. The molecular weight excluding hydrogens is 284 g/mol. The summed E-state index contributed by atoms with van der Waals surface area (Å²) in [5.41, 5.74) is 1.19. The van der Waals surface area contributed by atoms with Gasteiger partial charge in [0.1, 0.15) is 12.4 Å². The van der Waals surface area contributed by atoms with Gasteiger partial charge in [-0.25, -0.2) is 0 Å². The summed E-state index contributed by atoms with van der Waals surface area (Å²) in [6.07, 6.45) is 1.58. The number of hydrogen-bond donors (Lipinski definition) is 1. The van der Waals surface area contributed by atoms with Gasteiger partial charge in [0.15, 0.2) is 5.75 Å². The highest BCUT2D eigenvalue weighted by Gasteiger charge is 2.09. The molecule has 2 aromatic rings. The quantitative estimate of drug-likeness (QED) is 0.866. The van der Waals surface area contributed by atoms with Crippen LogP contribution in [0.4, 0.5) is 0 Å². The predicted molar refractivity (Wildman–Crippen MR) is 84.0 cm³/mol. The second kappa shape index (κ2) is 7.00. The number of aromatic nitrogens is 1. The third-order valence-electron chi connectivity index (χ3n) is 3.22. The summed E-state index contributed by atoms with van der Waals surface area (Å²) in [5.74, 6) is 1.01. The van der Waals surface area contributed by atoms with Gasteiger partial charge in [-0.3, -0.25) is 9.47 Å². The summed E-state index contributed by atoms with van der Waals surface area (Å²) in [5, 5.41) is 11.1. The van der Waals surface area contributed by atoms with Crippen LogP contribution in [0.1, 0.15) is 11.3 Å². The van der Waals surface area contributed by atoms with Gasteiger partial charge < -0.3 is 19.6 Å². The van der Waals surface area contributed by atoms with E-state index in [9.17, 15) is 9.90 Å². The van der Waals surface area contributed by atoms with Crippen molar-refractivity contribution in [2.75, 3.05) is 26.2 Å². The molecule has 0 spiro atoms. The van der Waals surface area contributed by atoms with Crippen molar-refractivity contribution < 1.29 is 14.6 Å². The average Bonchev–Trinajstić information content (AvgIpc) is 2.53. The van der Waals surface area contributed by atoms with E-state index in [0.717, 1.165) is 11.3 Å². The molecule has 0 amide bonds. The molecule has 1 aromatic carbocycles. The lowest BCUT2D eigenvalue weighted by Crippen LogP contribution is -2.29. The largest absolute Gasteiger partial charge is 0.497 e. The smallest absolute Gasteiger partial charge is 0.223 e. The Bertz CT molecular complexity index is 678. The van der Waals surface area contributed by atoms with Gasteiger partial charge in [-0.1, -0.05) is 12.1 Å². The van der Waals surface area contributed by atoms with Crippen LogP contribution < -0.4 is 19.9 Å². The molecule has 2 rings (SSSR count). The molecular formula is C16H20N2O4. The summed E-state index contributed by atoms with van der Waals surface area (Å²) in [4.78, 5) is 12.0. The minimum absolute atomic E-state index is 0.216. The molecule has 6 nitrogen and oxygen atoms in total. The van der Waals surface area contributed by atoms with E-state index >= 15 is 0 Å². The molecule has 1 aromatic heterocycles. The highest BCUT2D eigenvalue weighted by Crippen LogP contribution is 2.14. The lowest BCUT2D eigenvalue weighted by Gasteiger charge is -2.21. The van der Waals surface area contributed by atoms with Crippen LogP contribution in [0.25, 0.3) is 0 Å². The van der Waals surface area contributed by atoms with Gasteiger partial charge in [0.25, 0.3) is 0 Å². The maximum Gasteiger partial charge on any atom is 0.223 e. The first-order chi connectivity index (χ1) is 10.5. The maximum absolute atomic E-state index is 12.0. The first-order valence-corrected chi connectivity index (χ1v) is 6.85. The molecule has 0 bridgehead atoms. The molecule has 0 aliphatic carbocycles. The fraction of sp³-hybridized carbons (Fsp3) is 0.312. The Balaban J connectivity index is 2.18. The molecule has 22 heavy (non-hydrogen) atoms. The van der Waals surface area contributed by atoms with Crippen LogP contribution in [0.3, 0.4) is 0 Å². The van der Waals surface area contributed by atoms with Crippen molar-refractivity contribution in [1.82, 2.24) is 4.68 Å². The van der Waals surface area contributed by atoms with Crippen LogP contribution in [-0.4, -0.2) is 31.0 Å². The minimum atomic E-state index is -0.254. The summed E-state index contributed by atoms with van der Waals surface area (Å²) in [7, 11) is 5.24. The van der Waals surface area contributed by atoms with Crippen molar-refractivity contribution >= 4 is 0 Å². The molecule has 0 fully saturated rings. The van der Waals surface area contributed by atoms with E-state index in [-0.39, 0.29) is 24.4 Å². The summed E-state index contributed by atoms with van der Waals surface area (Å²) < 4.78 is 12.4. The highest BCUT2D eigenvalue weighted by atomic mass is 16.5. The monoisotopic (exact) mass is 304 g/mol. The van der Waals surface area contributed by atoms with E-state index in [1.165, 1.54) is 6.07 Å². The SMILES string of the molecule is COc1ccc(COc2cn(N(C)C)c(CO)cc2=O)cc1. The second-order valence-corrected chi connectivity index (χ2v) is 4.98. The molecule has 0 saturated heterocycles. The molecule has 6 heteroatoms. The maximum atomic E-state index is 12.0. The minimum Gasteiger partial charge on any atom is -0.497 e. The standard InChI is InChI=1S/C16H20N2O4/c1-17(2)18-9-16(15(20)8-13(18)10-19)22-11-12-4-6-14(21-3)7-5-12/h4-9,19H,10-11H2,1-3H3. The van der Waals surface area contributed by atoms with Gasteiger partial charge in [-0.15, -0.1) is 0 Å². The highest BCUT2D eigenvalue weighted by molar-refractivity contribution is 5.28. The van der Waals surface area contributed by atoms with E-state index in [4.69, 9.17) is 9.47 Å². The lowest BCUT2D eigenvalue weighted by atomic mass is 10.2. The first-order valence-electron chi connectivity index (χ1n) is 6.85. The Morgan fingerprint density at radius 2 is 1.91 bits per heavy atom. The number of aliphatic hydroxyl groups is 1. The van der Waals surface area contributed by atoms with Crippen molar-refractivity contribution in [2.24, 2.45) is 0 Å². The lowest BCUT2D eigenvalue weighted by molar-refractivity contribution is 0.266. The number of pyridine rings is 1. The normalized spacial score (nSPS) is 10.4. The van der Waals surface area contributed by atoms with Crippen LogP contribution in [-0.2, 0) is 13.2 Å². The molecule has 0 aliphatic rings. The topological polar surface area (TPSA) is 63.9 Å². The zero-order valence-corrected chi connectivity index (χ0v) is 12.9. The van der Waals surface area contributed by atoms with Gasteiger partial charge in [-0.05, 0) is 17.7 Å². The van der Waals surface area contributed by atoms with Crippen LogP contribution in [0.2, 0.25) is 0 Å². The Morgan fingerprint density at radius 1 is 1.23 bits per heavy atom. The van der Waals surface area contributed by atoms with E-state index in [1.807, 2.05) is 38.4 Å². The van der Waals surface area contributed by atoms with Crippen molar-refractivity contribution in [3.63, 3.8) is 0 Å². The third kappa shape index (κ3) is 3.59. The number of aliphatic hydroxyl groups excluding tert-OH is 1. The number of ether oxygens (including phenoxy) is 2. The molecule has 0 radical (unpaired) electrons. The molecule has 0 unspecified atom stereocenters. The van der Waals surface area contributed by atoms with E-state index < -0.39 is 0 Å². The summed E-state index contributed by atoms with van der Waals surface area (Å²) >= 11 is 0. The number of rotatable bonds is 6. The summed E-state index contributed by atoms with van der Waals surface area (Å²) in [6, 6.07) is 8.82. The number of nitrogens with zero attached hydrogens (tertiary/aromatic N) is 2. The van der Waals surface area contributed by atoms with Gasteiger partial charge in [0, 0.05) is 20.2 Å². The zero-order valence-electron chi connectivity index (χ0n) is 12.9. The number of methoxy groups -OCH3 is 1. The molecule has 1 N–H and O–H groups in total. The fourth-order valence-corrected chi connectivity index (χ4v) is 2.03. The van der Waals surface area contributed by atoms with Crippen molar-refractivity contribution in [3.05, 3.63) is 58.0 Å². The van der Waals surface area contributed by atoms with Crippen LogP contribution in [0.5, 0.6) is 11.5 Å². The zero-order chi connectivity index (χ0) is 16.1. The van der Waals surface area contributed by atoms with Crippen LogP contribution in [0, 0.1) is 0 Å². The third-order valence-corrected chi connectivity index (χ3v) is 3.22. The summed E-state index contributed by atoms with van der Waals surface area (Å²) in [6.45, 7) is 0.0668. The van der Waals surface area contributed by atoms with Gasteiger partial charge in [0.2, 0.25) is 5.43 Å². The Morgan fingerprint density at radius 3 is 2.45 bits per heavy atom. The van der Waals surface area contributed by atoms with Gasteiger partial charge >= 0.3 is 0 Å². The predicted octanol–water partition coefficient (Wildman–Crippen LogP) is 1.13. The van der Waals surface area contributed by atoms with Crippen LogP contribution in [0.15, 0.2) is 41.3 Å². The fourth-order valence-electron chi connectivity index (χ4n) is 2.03. The van der Waals surface area contributed by atoms with Crippen molar-refractivity contribution in [3.8, 4) is 11.5 Å². The van der Waals surface area contributed by atoms with E-state index in [1.54, 1.807) is 23.0 Å². The first kappa shape index (κ1) is 15.9. The van der Waals surface area contributed by atoms with E-state index in [2.05, 4.69) is 0 Å². The Kier molecular flexibility index (Phi) is 5.06. The molecule has 0 saturated carbocycles. The molecule has 0 atom stereocenters. The van der Waals surface area contributed by atoms with Crippen molar-refractivity contribution in [2.45, 2.75) is 13.2 Å². The number of hydrogen-bond acceptors (Lipinski definition) is 5. The van der Waals surface area contributed by atoms with Gasteiger partial charge in [0.05, 0.1) is 25.6 Å². The molecule has 0 aliphatic heterocycles. The second-order valence-electron chi connectivity index (χ2n) is 4.98. The van der Waals surface area contributed by atoms with Crippen molar-refractivity contribution in [1.29, 1.82) is 0 Å². The van der Waals surface area contributed by atoms with Gasteiger partial charge in [-0.2, -0.15) is 0 Å². The van der Waals surface area contributed by atoms with E-state index in [0.29, 0.717) is 5.69 Å².